The van der Waals surface area contributed by atoms with Crippen molar-refractivity contribution in [2.24, 2.45) is 0 Å². The van der Waals surface area contributed by atoms with Gasteiger partial charge in [-0.3, -0.25) is 0 Å². The van der Waals surface area contributed by atoms with E-state index in [1.165, 1.54) is 0 Å². The lowest BCUT2D eigenvalue weighted by Gasteiger charge is -2.32. The smallest absolute Gasteiger partial charge is 0.253 e. The highest BCUT2D eigenvalue weighted by molar-refractivity contribution is 7.89. The van der Waals surface area contributed by atoms with Gasteiger partial charge >= 0.3 is 0 Å². The predicted molar refractivity (Wildman–Crippen MR) is 82.6 cm³/mol. The summed E-state index contributed by atoms with van der Waals surface area (Å²) in [4.78, 5) is 5.34. The first kappa shape index (κ1) is 14.8. The second-order valence-corrected chi connectivity index (χ2v) is 7.33. The zero-order valence-corrected chi connectivity index (χ0v) is 13.1. The van der Waals surface area contributed by atoms with Crippen LogP contribution in [0.2, 0.25) is 0 Å². The van der Waals surface area contributed by atoms with Gasteiger partial charge in [0, 0.05) is 38.4 Å². The average molecular weight is 310 g/mol. The first-order chi connectivity index (χ1) is 10.1. The maximum atomic E-state index is 12.7. The minimum absolute atomic E-state index is 0.408. The van der Waals surface area contributed by atoms with Crippen LogP contribution < -0.4 is 10.1 Å². The quantitative estimate of drug-likeness (QED) is 0.850. The first-order valence-corrected chi connectivity index (χ1v) is 8.86. The molecule has 1 aromatic carbocycles. The number of benzene rings is 1. The number of hydrogen-bond acceptors (Lipinski definition) is 5. The van der Waals surface area contributed by atoms with Crippen molar-refractivity contribution in [3.8, 4) is 0 Å². The van der Waals surface area contributed by atoms with E-state index in [0.29, 0.717) is 18.0 Å². The molecule has 0 amide bonds. The molecule has 0 aliphatic carbocycles. The van der Waals surface area contributed by atoms with E-state index in [9.17, 15) is 8.42 Å². The van der Waals surface area contributed by atoms with Crippen LogP contribution in [-0.4, -0.2) is 58.1 Å². The summed E-state index contributed by atoms with van der Waals surface area (Å²) in [5, 5.41) is 5.07. The summed E-state index contributed by atoms with van der Waals surface area (Å²) in [5.41, 5.74) is 1.85. The molecule has 116 valence electrons. The standard InChI is InChI=1S/C14H22N4O2S/c1-17-8-10-18(11-9-17)16-21(19,20)14-6-2-5-13-12(14)4-3-7-15-13/h2,5-6,15-16H,3-4,7-11H2,1H3. The van der Waals surface area contributed by atoms with Gasteiger partial charge in [0.25, 0.3) is 10.0 Å². The largest absolute Gasteiger partial charge is 0.385 e. The van der Waals surface area contributed by atoms with Crippen LogP contribution in [-0.2, 0) is 16.4 Å². The Morgan fingerprint density at radius 1 is 1.19 bits per heavy atom. The molecule has 0 unspecified atom stereocenters. The summed E-state index contributed by atoms with van der Waals surface area (Å²) in [7, 11) is -1.45. The van der Waals surface area contributed by atoms with Gasteiger partial charge in [-0.1, -0.05) is 6.07 Å². The van der Waals surface area contributed by atoms with E-state index in [1.807, 2.05) is 13.1 Å². The minimum atomic E-state index is -3.50. The van der Waals surface area contributed by atoms with Gasteiger partial charge in [0.05, 0.1) is 4.90 Å². The molecule has 0 bridgehead atoms. The van der Waals surface area contributed by atoms with Crippen molar-refractivity contribution in [2.75, 3.05) is 45.1 Å². The third-order valence-electron chi connectivity index (χ3n) is 4.09. The van der Waals surface area contributed by atoms with Gasteiger partial charge < -0.3 is 10.2 Å². The molecule has 0 spiro atoms. The summed E-state index contributed by atoms with van der Waals surface area (Å²) in [6.45, 7) is 4.07. The maximum Gasteiger partial charge on any atom is 0.253 e. The van der Waals surface area contributed by atoms with Gasteiger partial charge in [-0.15, -0.1) is 4.83 Å². The third kappa shape index (κ3) is 3.21. The van der Waals surface area contributed by atoms with Crippen LogP contribution in [0.3, 0.4) is 0 Å². The Hall–Kier alpha value is -1.15. The van der Waals surface area contributed by atoms with Gasteiger partial charge in [-0.2, -0.15) is 0 Å². The van der Waals surface area contributed by atoms with Crippen molar-refractivity contribution in [2.45, 2.75) is 17.7 Å². The number of piperazine rings is 1. The first-order valence-electron chi connectivity index (χ1n) is 7.38. The van der Waals surface area contributed by atoms with Crippen LogP contribution in [0.25, 0.3) is 0 Å². The Morgan fingerprint density at radius 2 is 1.95 bits per heavy atom. The summed E-state index contributed by atoms with van der Waals surface area (Å²) < 4.78 is 25.3. The van der Waals surface area contributed by atoms with E-state index in [0.717, 1.165) is 43.7 Å². The van der Waals surface area contributed by atoms with Crippen molar-refractivity contribution in [1.29, 1.82) is 0 Å². The number of sulfonamides is 1. The molecule has 0 saturated carbocycles. The summed E-state index contributed by atoms with van der Waals surface area (Å²) in [5.74, 6) is 0. The molecule has 6 nitrogen and oxygen atoms in total. The van der Waals surface area contributed by atoms with E-state index in [4.69, 9.17) is 0 Å². The maximum absolute atomic E-state index is 12.7. The molecule has 0 atom stereocenters. The monoisotopic (exact) mass is 310 g/mol. The lowest BCUT2D eigenvalue weighted by Crippen LogP contribution is -2.52. The van der Waals surface area contributed by atoms with E-state index in [1.54, 1.807) is 17.1 Å². The van der Waals surface area contributed by atoms with Crippen LogP contribution in [0.5, 0.6) is 0 Å². The molecule has 7 heteroatoms. The highest BCUT2D eigenvalue weighted by Gasteiger charge is 2.25. The fourth-order valence-corrected chi connectivity index (χ4v) is 4.26. The fourth-order valence-electron chi connectivity index (χ4n) is 2.85. The van der Waals surface area contributed by atoms with Crippen LogP contribution in [0.15, 0.2) is 23.1 Å². The zero-order chi connectivity index (χ0) is 14.9. The van der Waals surface area contributed by atoms with Gasteiger partial charge in [-0.25, -0.2) is 13.4 Å². The average Bonchev–Trinajstić information content (AvgIpc) is 2.49. The number of likely N-dealkylation sites (N-methyl/N-ethyl adjacent to an activating group) is 1. The van der Waals surface area contributed by atoms with Gasteiger partial charge in [0.2, 0.25) is 0 Å². The molecule has 1 saturated heterocycles. The zero-order valence-electron chi connectivity index (χ0n) is 12.3. The second-order valence-electron chi connectivity index (χ2n) is 5.70. The normalized spacial score (nSPS) is 20.8. The Balaban J connectivity index is 1.82. The van der Waals surface area contributed by atoms with Gasteiger partial charge in [-0.05, 0) is 37.6 Å². The van der Waals surface area contributed by atoms with Crippen molar-refractivity contribution in [1.82, 2.24) is 14.7 Å². The van der Waals surface area contributed by atoms with Crippen molar-refractivity contribution in [3.63, 3.8) is 0 Å². The summed E-state index contributed by atoms with van der Waals surface area (Å²) in [6.07, 6.45) is 1.77. The van der Waals surface area contributed by atoms with Crippen molar-refractivity contribution in [3.05, 3.63) is 23.8 Å². The lowest BCUT2D eigenvalue weighted by atomic mass is 10.0. The van der Waals surface area contributed by atoms with Crippen LogP contribution in [0.4, 0.5) is 5.69 Å². The number of nitrogens with one attached hydrogen (secondary N) is 2. The molecule has 2 aliphatic rings. The molecule has 1 aromatic rings. The lowest BCUT2D eigenvalue weighted by molar-refractivity contribution is 0.135. The SMILES string of the molecule is CN1CCN(NS(=O)(=O)c2cccc3c2CCCN3)CC1. The van der Waals surface area contributed by atoms with Crippen molar-refractivity contribution < 1.29 is 8.42 Å². The molecule has 2 heterocycles. The van der Waals surface area contributed by atoms with Crippen LogP contribution in [0, 0.1) is 0 Å². The summed E-state index contributed by atoms with van der Waals surface area (Å²) >= 11 is 0. The number of nitrogens with zero attached hydrogens (tertiary/aromatic N) is 2. The number of hydrazine groups is 1. The van der Waals surface area contributed by atoms with E-state index in [-0.39, 0.29) is 0 Å². The Labute approximate surface area is 126 Å². The second kappa shape index (κ2) is 5.92. The number of fused-ring (bicyclic) bond motifs is 1. The molecule has 3 rings (SSSR count). The topological polar surface area (TPSA) is 64.7 Å². The van der Waals surface area contributed by atoms with Crippen LogP contribution in [0.1, 0.15) is 12.0 Å². The molecule has 2 aliphatic heterocycles. The Bertz CT molecular complexity index is 609. The minimum Gasteiger partial charge on any atom is -0.385 e. The number of rotatable bonds is 3. The number of anilines is 1. The van der Waals surface area contributed by atoms with Crippen molar-refractivity contribution >= 4 is 15.7 Å². The fraction of sp³-hybridized carbons (Fsp3) is 0.571. The van der Waals surface area contributed by atoms with Crippen LogP contribution >= 0.6 is 0 Å². The highest BCUT2D eigenvalue weighted by atomic mass is 32.2. The van der Waals surface area contributed by atoms with E-state index >= 15 is 0 Å². The molecular formula is C14H22N4O2S. The Kier molecular flexibility index (Phi) is 4.17. The molecule has 0 aromatic heterocycles. The summed E-state index contributed by atoms with van der Waals surface area (Å²) in [6, 6.07) is 5.45. The Morgan fingerprint density at radius 3 is 2.71 bits per heavy atom. The molecule has 1 fully saturated rings. The van der Waals surface area contributed by atoms with Gasteiger partial charge in [0.1, 0.15) is 0 Å². The van der Waals surface area contributed by atoms with E-state index < -0.39 is 10.0 Å². The number of hydrogen-bond donors (Lipinski definition) is 2. The predicted octanol–water partition coefficient (Wildman–Crippen LogP) is 0.485. The molecule has 21 heavy (non-hydrogen) atoms. The third-order valence-corrected chi connectivity index (χ3v) is 5.55. The highest BCUT2D eigenvalue weighted by Crippen LogP contribution is 2.28. The van der Waals surface area contributed by atoms with E-state index in [2.05, 4.69) is 15.0 Å². The van der Waals surface area contributed by atoms with Gasteiger partial charge in [0.15, 0.2) is 0 Å². The molecular weight excluding hydrogens is 288 g/mol. The molecule has 0 radical (unpaired) electrons. The molecule has 2 N–H and O–H groups in total.